The van der Waals surface area contributed by atoms with Gasteiger partial charge >= 0.3 is 0 Å². The molecule has 0 radical (unpaired) electrons. The Labute approximate surface area is 107 Å². The summed E-state index contributed by atoms with van der Waals surface area (Å²) >= 11 is 0. The third kappa shape index (κ3) is 3.82. The van der Waals surface area contributed by atoms with Gasteiger partial charge in [0.1, 0.15) is 18.0 Å². The molecule has 0 saturated heterocycles. The van der Waals surface area contributed by atoms with Crippen LogP contribution in [0.3, 0.4) is 0 Å². The zero-order chi connectivity index (χ0) is 13.8. The van der Waals surface area contributed by atoms with Crippen LogP contribution < -0.4 is 4.74 Å². The lowest BCUT2D eigenvalue weighted by molar-refractivity contribution is 0.0390. The quantitative estimate of drug-likeness (QED) is 0.757. The second-order valence-corrected chi connectivity index (χ2v) is 4.64. The number of rotatable bonds is 6. The largest absolute Gasteiger partial charge is 0.491 e. The highest BCUT2D eigenvalue weighted by molar-refractivity contribution is 6.02. The molecule has 0 aromatic heterocycles. The van der Waals surface area contributed by atoms with Crippen LogP contribution in [0.15, 0.2) is 24.3 Å². The van der Waals surface area contributed by atoms with E-state index in [0.29, 0.717) is 17.7 Å². The summed E-state index contributed by atoms with van der Waals surface area (Å²) in [5, 5.41) is 19.0. The van der Waals surface area contributed by atoms with E-state index >= 15 is 0 Å². The number of aliphatic hydroxyl groups excluding tert-OH is 1. The summed E-state index contributed by atoms with van der Waals surface area (Å²) in [6, 6.07) is 6.54. The molecule has 2 atom stereocenters. The SMILES string of the molecule is CCC(C)(O)C(=O)c1ccc(OCC(C)O)cc1. The van der Waals surface area contributed by atoms with Crippen LogP contribution in [0.1, 0.15) is 37.6 Å². The molecule has 0 saturated carbocycles. The first-order valence-electron chi connectivity index (χ1n) is 6.05. The van der Waals surface area contributed by atoms with E-state index in [9.17, 15) is 9.90 Å². The fourth-order valence-corrected chi connectivity index (χ4v) is 1.39. The Morgan fingerprint density at radius 1 is 1.39 bits per heavy atom. The fraction of sp³-hybridized carbons (Fsp3) is 0.500. The Kier molecular flexibility index (Phi) is 4.87. The molecule has 0 aliphatic rings. The Bertz CT molecular complexity index is 393. The molecule has 0 spiro atoms. The number of aliphatic hydroxyl groups is 2. The monoisotopic (exact) mass is 252 g/mol. The minimum atomic E-state index is -1.33. The van der Waals surface area contributed by atoms with Crippen molar-refractivity contribution in [2.75, 3.05) is 6.61 Å². The van der Waals surface area contributed by atoms with Gasteiger partial charge in [0.25, 0.3) is 0 Å². The van der Waals surface area contributed by atoms with Crippen molar-refractivity contribution in [2.45, 2.75) is 38.9 Å². The van der Waals surface area contributed by atoms with Crippen molar-refractivity contribution in [2.24, 2.45) is 0 Å². The van der Waals surface area contributed by atoms with Crippen molar-refractivity contribution >= 4 is 5.78 Å². The van der Waals surface area contributed by atoms with Crippen molar-refractivity contribution in [3.05, 3.63) is 29.8 Å². The molecule has 0 heterocycles. The molecule has 4 nitrogen and oxygen atoms in total. The van der Waals surface area contributed by atoms with Crippen LogP contribution in [-0.2, 0) is 0 Å². The maximum atomic E-state index is 11.9. The van der Waals surface area contributed by atoms with Crippen LogP contribution in [-0.4, -0.2) is 34.3 Å². The van der Waals surface area contributed by atoms with Gasteiger partial charge in [-0.25, -0.2) is 0 Å². The van der Waals surface area contributed by atoms with Crippen LogP contribution in [0.2, 0.25) is 0 Å². The van der Waals surface area contributed by atoms with Gasteiger partial charge in [-0.15, -0.1) is 0 Å². The van der Waals surface area contributed by atoms with E-state index in [2.05, 4.69) is 0 Å². The van der Waals surface area contributed by atoms with Crippen LogP contribution in [0.4, 0.5) is 0 Å². The van der Waals surface area contributed by atoms with Gasteiger partial charge in [-0.1, -0.05) is 6.92 Å². The molecule has 4 heteroatoms. The minimum Gasteiger partial charge on any atom is -0.491 e. The predicted molar refractivity (Wildman–Crippen MR) is 68.9 cm³/mol. The molecule has 100 valence electrons. The van der Waals surface area contributed by atoms with Crippen LogP contribution in [0, 0.1) is 0 Å². The van der Waals surface area contributed by atoms with Gasteiger partial charge in [0.15, 0.2) is 5.78 Å². The van der Waals surface area contributed by atoms with Gasteiger partial charge in [-0.3, -0.25) is 4.79 Å². The highest BCUT2D eigenvalue weighted by Gasteiger charge is 2.28. The third-order valence-corrected chi connectivity index (χ3v) is 2.79. The Balaban J connectivity index is 2.74. The van der Waals surface area contributed by atoms with E-state index in [-0.39, 0.29) is 12.4 Å². The maximum absolute atomic E-state index is 11.9. The zero-order valence-electron chi connectivity index (χ0n) is 11.0. The van der Waals surface area contributed by atoms with E-state index < -0.39 is 11.7 Å². The van der Waals surface area contributed by atoms with Crippen molar-refractivity contribution < 1.29 is 19.7 Å². The second-order valence-electron chi connectivity index (χ2n) is 4.64. The number of carbonyl (C=O) groups excluding carboxylic acids is 1. The fourth-order valence-electron chi connectivity index (χ4n) is 1.39. The van der Waals surface area contributed by atoms with E-state index in [4.69, 9.17) is 9.84 Å². The number of hydrogen-bond acceptors (Lipinski definition) is 4. The van der Waals surface area contributed by atoms with Gasteiger partial charge in [-0.2, -0.15) is 0 Å². The number of hydrogen-bond donors (Lipinski definition) is 2. The van der Waals surface area contributed by atoms with E-state index in [1.165, 1.54) is 6.92 Å². The minimum absolute atomic E-state index is 0.208. The van der Waals surface area contributed by atoms with Crippen LogP contribution in [0.25, 0.3) is 0 Å². The Morgan fingerprint density at radius 3 is 2.39 bits per heavy atom. The summed E-state index contributed by atoms with van der Waals surface area (Å²) in [7, 11) is 0. The van der Waals surface area contributed by atoms with Gasteiger partial charge < -0.3 is 14.9 Å². The van der Waals surface area contributed by atoms with Crippen molar-refractivity contribution in [3.63, 3.8) is 0 Å². The second kappa shape index (κ2) is 5.98. The first-order valence-corrected chi connectivity index (χ1v) is 6.05. The topological polar surface area (TPSA) is 66.8 Å². The first-order chi connectivity index (χ1) is 8.36. The van der Waals surface area contributed by atoms with Gasteiger partial charge in [-0.05, 0) is 44.5 Å². The number of ketones is 1. The summed E-state index contributed by atoms with van der Waals surface area (Å²) in [5.74, 6) is 0.288. The molecule has 0 aliphatic heterocycles. The zero-order valence-corrected chi connectivity index (χ0v) is 11.0. The molecule has 0 amide bonds. The Hall–Kier alpha value is -1.39. The summed E-state index contributed by atoms with van der Waals surface area (Å²) < 4.78 is 5.29. The first kappa shape index (κ1) is 14.7. The molecular weight excluding hydrogens is 232 g/mol. The lowest BCUT2D eigenvalue weighted by Gasteiger charge is -2.19. The maximum Gasteiger partial charge on any atom is 0.194 e. The lowest BCUT2D eigenvalue weighted by Crippen LogP contribution is -2.34. The molecule has 18 heavy (non-hydrogen) atoms. The summed E-state index contributed by atoms with van der Waals surface area (Å²) in [5.41, 5.74) is -0.881. The molecule has 0 fully saturated rings. The standard InChI is InChI=1S/C14H20O4/c1-4-14(3,17)13(16)11-5-7-12(8-6-11)18-9-10(2)15/h5-8,10,15,17H,4,9H2,1-3H3. The van der Waals surface area contributed by atoms with Crippen molar-refractivity contribution in [3.8, 4) is 5.75 Å². The highest BCUT2D eigenvalue weighted by atomic mass is 16.5. The van der Waals surface area contributed by atoms with Gasteiger partial charge in [0.2, 0.25) is 0 Å². The molecule has 2 N–H and O–H groups in total. The van der Waals surface area contributed by atoms with E-state index in [1.807, 2.05) is 0 Å². The van der Waals surface area contributed by atoms with E-state index in [1.54, 1.807) is 38.1 Å². The molecule has 1 rings (SSSR count). The van der Waals surface area contributed by atoms with Gasteiger partial charge in [0.05, 0.1) is 6.10 Å². The molecular formula is C14H20O4. The molecule has 1 aromatic rings. The lowest BCUT2D eigenvalue weighted by atomic mass is 9.92. The summed E-state index contributed by atoms with van der Waals surface area (Å²) in [6.45, 7) is 5.11. The number of Topliss-reactive ketones (excluding diaryl/α,β-unsaturated/α-hetero) is 1. The smallest absolute Gasteiger partial charge is 0.194 e. The normalized spacial score (nSPS) is 15.8. The molecule has 1 aromatic carbocycles. The van der Waals surface area contributed by atoms with Crippen LogP contribution >= 0.6 is 0 Å². The average Bonchev–Trinajstić information content (AvgIpc) is 2.36. The molecule has 0 bridgehead atoms. The number of carbonyl (C=O) groups is 1. The predicted octanol–water partition coefficient (Wildman–Crippen LogP) is 1.79. The summed E-state index contributed by atoms with van der Waals surface area (Å²) in [4.78, 5) is 11.9. The highest BCUT2D eigenvalue weighted by Crippen LogP contribution is 2.19. The number of benzene rings is 1. The van der Waals surface area contributed by atoms with Crippen molar-refractivity contribution in [1.82, 2.24) is 0 Å². The number of ether oxygens (including phenoxy) is 1. The van der Waals surface area contributed by atoms with Gasteiger partial charge in [0, 0.05) is 5.56 Å². The van der Waals surface area contributed by atoms with E-state index in [0.717, 1.165) is 0 Å². The molecule has 2 unspecified atom stereocenters. The average molecular weight is 252 g/mol. The van der Waals surface area contributed by atoms with Crippen LogP contribution in [0.5, 0.6) is 5.75 Å². The Morgan fingerprint density at radius 2 is 1.94 bits per heavy atom. The summed E-state index contributed by atoms with van der Waals surface area (Å²) in [6.07, 6.45) is -0.168. The third-order valence-electron chi connectivity index (χ3n) is 2.79. The molecule has 0 aliphatic carbocycles. The van der Waals surface area contributed by atoms with Crippen molar-refractivity contribution in [1.29, 1.82) is 0 Å².